The minimum Gasteiger partial charge on any atom is -0.495 e. The zero-order valence-electron chi connectivity index (χ0n) is 9.53. The first-order valence-corrected chi connectivity index (χ1v) is 5.11. The lowest BCUT2D eigenvalue weighted by Crippen LogP contribution is -2.06. The smallest absolute Gasteiger partial charge is 0.137 e. The van der Waals surface area contributed by atoms with Crippen LogP contribution in [-0.2, 0) is 0 Å². The number of methoxy groups -OCH3 is 1. The van der Waals surface area contributed by atoms with Gasteiger partial charge >= 0.3 is 0 Å². The molecule has 0 saturated heterocycles. The Balaban J connectivity index is 2.95. The lowest BCUT2D eigenvalue weighted by Gasteiger charge is -2.18. The molecule has 80 valence electrons. The summed E-state index contributed by atoms with van der Waals surface area (Å²) < 4.78 is 5.15. The molecule has 15 heavy (non-hydrogen) atoms. The third kappa shape index (κ3) is 2.99. The standard InChI is InChI=1S/C13H17NO/c1-5-6-13(10(2)3)11-7-12(15-4)9-14-8-11/h1,7-10,13H,6H2,2-4H3. The molecule has 1 atom stereocenters. The molecule has 1 aromatic rings. The summed E-state index contributed by atoms with van der Waals surface area (Å²) in [5, 5.41) is 0. The molecule has 0 amide bonds. The lowest BCUT2D eigenvalue weighted by molar-refractivity contribution is 0.410. The summed E-state index contributed by atoms with van der Waals surface area (Å²) in [5.41, 5.74) is 1.15. The fourth-order valence-electron chi connectivity index (χ4n) is 1.62. The highest BCUT2D eigenvalue weighted by molar-refractivity contribution is 5.27. The highest BCUT2D eigenvalue weighted by atomic mass is 16.5. The van der Waals surface area contributed by atoms with Crippen molar-refractivity contribution in [2.75, 3.05) is 7.11 Å². The maximum atomic E-state index is 5.37. The number of rotatable bonds is 4. The molecule has 0 aliphatic carbocycles. The highest BCUT2D eigenvalue weighted by Gasteiger charge is 2.15. The van der Waals surface area contributed by atoms with Gasteiger partial charge in [0, 0.05) is 12.6 Å². The molecule has 0 bridgehead atoms. The number of hydrogen-bond acceptors (Lipinski definition) is 2. The van der Waals surface area contributed by atoms with E-state index in [4.69, 9.17) is 11.2 Å². The number of pyridine rings is 1. The largest absolute Gasteiger partial charge is 0.495 e. The van der Waals surface area contributed by atoms with Crippen LogP contribution in [0, 0.1) is 18.3 Å². The molecule has 0 radical (unpaired) electrons. The summed E-state index contributed by atoms with van der Waals surface area (Å²) in [4.78, 5) is 4.15. The lowest BCUT2D eigenvalue weighted by atomic mass is 9.87. The average Bonchev–Trinajstić information content (AvgIpc) is 2.25. The van der Waals surface area contributed by atoms with Gasteiger partial charge in [-0.25, -0.2) is 0 Å². The summed E-state index contributed by atoms with van der Waals surface area (Å²) >= 11 is 0. The fraction of sp³-hybridized carbons (Fsp3) is 0.462. The van der Waals surface area contributed by atoms with E-state index in [9.17, 15) is 0 Å². The van der Waals surface area contributed by atoms with Gasteiger partial charge in [0.1, 0.15) is 5.75 Å². The van der Waals surface area contributed by atoms with Gasteiger partial charge in [-0.1, -0.05) is 13.8 Å². The second kappa shape index (κ2) is 5.41. The summed E-state index contributed by atoms with van der Waals surface area (Å²) in [7, 11) is 1.65. The van der Waals surface area contributed by atoms with Crippen molar-refractivity contribution in [2.24, 2.45) is 5.92 Å². The molecule has 2 heteroatoms. The number of aromatic nitrogens is 1. The van der Waals surface area contributed by atoms with Gasteiger partial charge in [0.15, 0.2) is 0 Å². The van der Waals surface area contributed by atoms with Crippen LogP contribution >= 0.6 is 0 Å². The normalized spacial score (nSPS) is 12.2. The zero-order chi connectivity index (χ0) is 11.3. The van der Waals surface area contributed by atoms with Gasteiger partial charge in [-0.15, -0.1) is 12.3 Å². The Bertz CT molecular complexity index is 352. The first-order chi connectivity index (χ1) is 7.19. The van der Waals surface area contributed by atoms with Crippen LogP contribution in [0.1, 0.15) is 31.7 Å². The van der Waals surface area contributed by atoms with E-state index in [1.165, 1.54) is 0 Å². The van der Waals surface area contributed by atoms with Gasteiger partial charge in [0.2, 0.25) is 0 Å². The van der Waals surface area contributed by atoms with E-state index in [-0.39, 0.29) is 0 Å². The van der Waals surface area contributed by atoms with Crippen molar-refractivity contribution >= 4 is 0 Å². The predicted octanol–water partition coefficient (Wildman–Crippen LogP) is 2.85. The van der Waals surface area contributed by atoms with E-state index < -0.39 is 0 Å². The SMILES string of the molecule is C#CCC(c1cncc(OC)c1)C(C)C. The van der Waals surface area contributed by atoms with Gasteiger partial charge in [0.05, 0.1) is 13.3 Å². The molecule has 0 N–H and O–H groups in total. The number of ether oxygens (including phenoxy) is 1. The molecule has 1 heterocycles. The second-order valence-corrected chi connectivity index (χ2v) is 3.92. The Labute approximate surface area is 91.7 Å². The summed E-state index contributed by atoms with van der Waals surface area (Å²) in [6, 6.07) is 2.01. The third-order valence-electron chi connectivity index (χ3n) is 2.54. The Morgan fingerprint density at radius 2 is 2.20 bits per heavy atom. The molecule has 0 saturated carbocycles. The van der Waals surface area contributed by atoms with Crippen molar-refractivity contribution in [3.05, 3.63) is 24.0 Å². The maximum absolute atomic E-state index is 5.37. The Morgan fingerprint density at radius 3 is 2.73 bits per heavy atom. The average molecular weight is 203 g/mol. The molecule has 1 rings (SSSR count). The molecular formula is C13H17NO. The van der Waals surface area contributed by atoms with Gasteiger partial charge in [-0.05, 0) is 23.5 Å². The Morgan fingerprint density at radius 1 is 1.47 bits per heavy atom. The summed E-state index contributed by atoms with van der Waals surface area (Å²) in [5.74, 6) is 4.37. The summed E-state index contributed by atoms with van der Waals surface area (Å²) in [6.45, 7) is 4.34. The van der Waals surface area contributed by atoms with Crippen molar-refractivity contribution < 1.29 is 4.74 Å². The van der Waals surface area contributed by atoms with Crippen LogP contribution in [0.3, 0.4) is 0 Å². The molecule has 2 nitrogen and oxygen atoms in total. The van der Waals surface area contributed by atoms with Crippen molar-refractivity contribution in [1.29, 1.82) is 0 Å². The number of nitrogens with zero attached hydrogens (tertiary/aromatic N) is 1. The van der Waals surface area contributed by atoms with Gasteiger partial charge < -0.3 is 4.74 Å². The fourth-order valence-corrected chi connectivity index (χ4v) is 1.62. The Kier molecular flexibility index (Phi) is 4.17. The monoisotopic (exact) mass is 203 g/mol. The number of hydrogen-bond donors (Lipinski definition) is 0. The minimum absolute atomic E-state index is 0.359. The highest BCUT2D eigenvalue weighted by Crippen LogP contribution is 2.28. The van der Waals surface area contributed by atoms with Crippen molar-refractivity contribution in [1.82, 2.24) is 4.98 Å². The van der Waals surface area contributed by atoms with E-state index in [0.717, 1.165) is 17.7 Å². The van der Waals surface area contributed by atoms with Crippen LogP contribution in [0.2, 0.25) is 0 Å². The van der Waals surface area contributed by atoms with Crippen LogP contribution in [0.5, 0.6) is 5.75 Å². The van der Waals surface area contributed by atoms with E-state index >= 15 is 0 Å². The second-order valence-electron chi connectivity index (χ2n) is 3.92. The molecule has 0 aliphatic rings. The molecule has 1 unspecified atom stereocenters. The van der Waals surface area contributed by atoms with Crippen molar-refractivity contribution in [2.45, 2.75) is 26.2 Å². The molecule has 0 fully saturated rings. The zero-order valence-corrected chi connectivity index (χ0v) is 9.53. The maximum Gasteiger partial charge on any atom is 0.137 e. The van der Waals surface area contributed by atoms with E-state index in [2.05, 4.69) is 24.8 Å². The summed E-state index contributed by atoms with van der Waals surface area (Å²) in [6.07, 6.45) is 9.69. The number of terminal acetylenes is 1. The van der Waals surface area contributed by atoms with Crippen molar-refractivity contribution in [3.8, 4) is 18.1 Å². The molecular weight excluding hydrogens is 186 g/mol. The van der Waals surface area contributed by atoms with Crippen LogP contribution in [-0.4, -0.2) is 12.1 Å². The van der Waals surface area contributed by atoms with Crippen LogP contribution in [0.4, 0.5) is 0 Å². The Hall–Kier alpha value is -1.49. The van der Waals surface area contributed by atoms with E-state index in [1.54, 1.807) is 13.3 Å². The van der Waals surface area contributed by atoms with Gasteiger partial charge in [-0.2, -0.15) is 0 Å². The topological polar surface area (TPSA) is 22.1 Å². The molecule has 0 aliphatic heterocycles. The van der Waals surface area contributed by atoms with Crippen molar-refractivity contribution in [3.63, 3.8) is 0 Å². The molecule has 0 aromatic carbocycles. The molecule has 0 spiro atoms. The molecule has 1 aromatic heterocycles. The van der Waals surface area contributed by atoms with Gasteiger partial charge in [0.25, 0.3) is 0 Å². The van der Waals surface area contributed by atoms with Crippen LogP contribution in [0.15, 0.2) is 18.5 Å². The third-order valence-corrected chi connectivity index (χ3v) is 2.54. The van der Waals surface area contributed by atoms with Gasteiger partial charge in [-0.3, -0.25) is 4.98 Å². The van der Waals surface area contributed by atoms with Crippen LogP contribution in [0.25, 0.3) is 0 Å². The first-order valence-electron chi connectivity index (χ1n) is 5.11. The van der Waals surface area contributed by atoms with E-state index in [0.29, 0.717) is 11.8 Å². The minimum atomic E-state index is 0.359. The van der Waals surface area contributed by atoms with E-state index in [1.807, 2.05) is 12.3 Å². The van der Waals surface area contributed by atoms with Crippen LogP contribution < -0.4 is 4.74 Å². The predicted molar refractivity (Wildman–Crippen MR) is 61.8 cm³/mol. The quantitative estimate of drug-likeness (QED) is 0.702. The first kappa shape index (κ1) is 11.6.